The molecule has 1 aromatic carbocycles. The average molecular weight is 304 g/mol. The van der Waals surface area contributed by atoms with Crippen molar-refractivity contribution in [3.05, 3.63) is 35.9 Å². The molecule has 1 aromatic rings. The highest BCUT2D eigenvalue weighted by molar-refractivity contribution is 5.85. The van der Waals surface area contributed by atoms with Gasteiger partial charge < -0.3 is 15.4 Å². The lowest BCUT2D eigenvalue weighted by Gasteiger charge is -2.36. The zero-order chi connectivity index (χ0) is 16.1. The van der Waals surface area contributed by atoms with Crippen LogP contribution < -0.4 is 10.6 Å². The molecular weight excluding hydrogens is 276 g/mol. The van der Waals surface area contributed by atoms with Crippen molar-refractivity contribution >= 4 is 5.91 Å². The van der Waals surface area contributed by atoms with Crippen molar-refractivity contribution in [3.63, 3.8) is 0 Å². The molecule has 0 atom stereocenters. The molecule has 1 aliphatic rings. The Morgan fingerprint density at radius 3 is 2.50 bits per heavy atom. The van der Waals surface area contributed by atoms with E-state index in [1.165, 1.54) is 5.56 Å². The van der Waals surface area contributed by atoms with Crippen LogP contribution in [-0.4, -0.2) is 38.3 Å². The second-order valence-electron chi connectivity index (χ2n) is 6.96. The van der Waals surface area contributed by atoms with Crippen molar-refractivity contribution in [2.45, 2.75) is 38.7 Å². The highest BCUT2D eigenvalue weighted by atomic mass is 16.5. The van der Waals surface area contributed by atoms with Crippen LogP contribution >= 0.6 is 0 Å². The number of hydrogen-bond donors (Lipinski definition) is 2. The van der Waals surface area contributed by atoms with Crippen molar-refractivity contribution < 1.29 is 9.53 Å². The minimum Gasteiger partial charge on any atom is -0.368 e. The van der Waals surface area contributed by atoms with E-state index in [-0.39, 0.29) is 11.3 Å². The summed E-state index contributed by atoms with van der Waals surface area (Å²) in [7, 11) is 1.64. The summed E-state index contributed by atoms with van der Waals surface area (Å²) in [6.07, 6.45) is 2.40. The van der Waals surface area contributed by atoms with Crippen LogP contribution in [0.5, 0.6) is 0 Å². The first kappa shape index (κ1) is 17.0. The number of carbonyl (C=O) groups is 1. The molecule has 2 rings (SSSR count). The van der Waals surface area contributed by atoms with Gasteiger partial charge in [-0.3, -0.25) is 4.79 Å². The van der Waals surface area contributed by atoms with Crippen LogP contribution in [0.15, 0.2) is 30.3 Å². The number of hydrogen-bond acceptors (Lipinski definition) is 3. The van der Waals surface area contributed by atoms with Gasteiger partial charge in [0.2, 0.25) is 0 Å². The number of benzene rings is 1. The molecule has 0 radical (unpaired) electrons. The molecule has 2 N–H and O–H groups in total. The zero-order valence-electron chi connectivity index (χ0n) is 13.9. The smallest absolute Gasteiger partial charge is 0.252 e. The second-order valence-corrected chi connectivity index (χ2v) is 6.96. The van der Waals surface area contributed by atoms with E-state index in [2.05, 4.69) is 48.7 Å². The fourth-order valence-corrected chi connectivity index (χ4v) is 3.05. The monoisotopic (exact) mass is 304 g/mol. The third kappa shape index (κ3) is 4.31. The molecule has 0 unspecified atom stereocenters. The summed E-state index contributed by atoms with van der Waals surface area (Å²) >= 11 is 0. The van der Waals surface area contributed by atoms with E-state index in [9.17, 15) is 4.79 Å². The Kier molecular flexibility index (Phi) is 5.59. The van der Waals surface area contributed by atoms with E-state index in [1.54, 1.807) is 7.11 Å². The van der Waals surface area contributed by atoms with Crippen LogP contribution in [0, 0.1) is 5.41 Å². The minimum absolute atomic E-state index is 0.0128. The topological polar surface area (TPSA) is 50.4 Å². The Balaban J connectivity index is 1.91. The summed E-state index contributed by atoms with van der Waals surface area (Å²) < 4.78 is 5.57. The van der Waals surface area contributed by atoms with Gasteiger partial charge in [-0.15, -0.1) is 0 Å². The molecule has 1 heterocycles. The maximum atomic E-state index is 12.6. The predicted octanol–water partition coefficient (Wildman–Crippen LogP) is 2.14. The van der Waals surface area contributed by atoms with Crippen LogP contribution in [0.4, 0.5) is 0 Å². The Morgan fingerprint density at radius 1 is 1.27 bits per heavy atom. The molecule has 1 fully saturated rings. The van der Waals surface area contributed by atoms with Gasteiger partial charge in [-0.2, -0.15) is 0 Å². The quantitative estimate of drug-likeness (QED) is 0.846. The lowest BCUT2D eigenvalue weighted by molar-refractivity contribution is -0.147. The fraction of sp³-hybridized carbons (Fsp3) is 0.611. The van der Waals surface area contributed by atoms with Gasteiger partial charge in [0, 0.05) is 13.7 Å². The number of amides is 1. The van der Waals surface area contributed by atoms with Crippen molar-refractivity contribution in [2.24, 2.45) is 5.41 Å². The number of methoxy groups -OCH3 is 1. The van der Waals surface area contributed by atoms with E-state index in [1.807, 2.05) is 6.07 Å². The largest absolute Gasteiger partial charge is 0.368 e. The molecular formula is C18H28N2O2. The van der Waals surface area contributed by atoms with Gasteiger partial charge in [0.05, 0.1) is 0 Å². The van der Waals surface area contributed by atoms with Crippen LogP contribution in [0.25, 0.3) is 0 Å². The number of rotatable bonds is 6. The third-order valence-electron chi connectivity index (χ3n) is 4.47. The number of carbonyl (C=O) groups excluding carboxylic acids is 1. The van der Waals surface area contributed by atoms with Crippen LogP contribution in [0.1, 0.15) is 32.3 Å². The van der Waals surface area contributed by atoms with Gasteiger partial charge in [-0.25, -0.2) is 0 Å². The Bertz CT molecular complexity index is 479. The minimum atomic E-state index is -0.659. The first-order chi connectivity index (χ1) is 10.5. The second kappa shape index (κ2) is 7.25. The molecule has 122 valence electrons. The molecule has 0 aromatic heterocycles. The third-order valence-corrected chi connectivity index (χ3v) is 4.47. The highest BCUT2D eigenvalue weighted by Gasteiger charge is 2.40. The standard InChI is InChI=1S/C18H28N2O2/c1-17(2,13-15-7-5-4-6-8-15)14-20-16(21)18(22-3)9-11-19-12-10-18/h4-8,19H,9-14H2,1-3H3,(H,20,21). The van der Waals surface area contributed by atoms with E-state index < -0.39 is 5.60 Å². The number of piperidine rings is 1. The molecule has 0 saturated carbocycles. The van der Waals surface area contributed by atoms with Crippen LogP contribution in [0.3, 0.4) is 0 Å². The van der Waals surface area contributed by atoms with Gasteiger partial charge >= 0.3 is 0 Å². The summed E-state index contributed by atoms with van der Waals surface area (Å²) in [4.78, 5) is 12.6. The van der Waals surface area contributed by atoms with Crippen molar-refractivity contribution in [1.82, 2.24) is 10.6 Å². The first-order valence-electron chi connectivity index (χ1n) is 8.06. The van der Waals surface area contributed by atoms with E-state index >= 15 is 0 Å². The van der Waals surface area contributed by atoms with E-state index in [0.29, 0.717) is 6.54 Å². The first-order valence-corrected chi connectivity index (χ1v) is 8.06. The predicted molar refractivity (Wildman–Crippen MR) is 88.8 cm³/mol. The molecule has 4 heteroatoms. The normalized spacial score (nSPS) is 18.0. The van der Waals surface area contributed by atoms with Gasteiger partial charge in [-0.1, -0.05) is 44.2 Å². The molecule has 1 saturated heterocycles. The van der Waals surface area contributed by atoms with Gasteiger partial charge in [0.15, 0.2) is 0 Å². The van der Waals surface area contributed by atoms with Gasteiger partial charge in [0.25, 0.3) is 5.91 Å². The molecule has 0 aliphatic carbocycles. The lowest BCUT2D eigenvalue weighted by atomic mass is 9.85. The highest BCUT2D eigenvalue weighted by Crippen LogP contribution is 2.24. The summed E-state index contributed by atoms with van der Waals surface area (Å²) in [6.45, 7) is 6.67. The molecule has 1 amide bonds. The van der Waals surface area contributed by atoms with Crippen LogP contribution in [-0.2, 0) is 16.0 Å². The lowest BCUT2D eigenvalue weighted by Crippen LogP contribution is -2.55. The molecule has 0 spiro atoms. The van der Waals surface area contributed by atoms with Crippen molar-refractivity contribution in [3.8, 4) is 0 Å². The van der Waals surface area contributed by atoms with Crippen molar-refractivity contribution in [2.75, 3.05) is 26.7 Å². The molecule has 4 nitrogen and oxygen atoms in total. The Labute approximate surface area is 133 Å². The molecule has 0 bridgehead atoms. The number of nitrogens with one attached hydrogen (secondary N) is 2. The van der Waals surface area contributed by atoms with E-state index in [0.717, 1.165) is 32.4 Å². The average Bonchev–Trinajstić information content (AvgIpc) is 2.54. The fourth-order valence-electron chi connectivity index (χ4n) is 3.05. The van der Waals surface area contributed by atoms with Gasteiger partial charge in [0.1, 0.15) is 5.60 Å². The Hall–Kier alpha value is -1.39. The summed E-state index contributed by atoms with van der Waals surface area (Å²) in [5.41, 5.74) is 0.650. The SMILES string of the molecule is COC1(C(=O)NCC(C)(C)Cc2ccccc2)CCNCC1. The van der Waals surface area contributed by atoms with Crippen LogP contribution in [0.2, 0.25) is 0 Å². The molecule has 1 aliphatic heterocycles. The van der Waals surface area contributed by atoms with Crippen molar-refractivity contribution in [1.29, 1.82) is 0 Å². The van der Waals surface area contributed by atoms with E-state index in [4.69, 9.17) is 4.74 Å². The summed E-state index contributed by atoms with van der Waals surface area (Å²) in [5.74, 6) is 0.0256. The maximum Gasteiger partial charge on any atom is 0.252 e. The summed E-state index contributed by atoms with van der Waals surface area (Å²) in [6, 6.07) is 10.4. The number of ether oxygens (including phenoxy) is 1. The zero-order valence-corrected chi connectivity index (χ0v) is 13.9. The Morgan fingerprint density at radius 2 is 1.91 bits per heavy atom. The molecule has 22 heavy (non-hydrogen) atoms. The maximum absolute atomic E-state index is 12.6. The summed E-state index contributed by atoms with van der Waals surface area (Å²) in [5, 5.41) is 6.39. The van der Waals surface area contributed by atoms with Gasteiger partial charge in [-0.05, 0) is 43.3 Å².